The molecule has 3 atom stereocenters. The van der Waals surface area contributed by atoms with Gasteiger partial charge in [0.1, 0.15) is 0 Å². The quantitative estimate of drug-likeness (QED) is 0.767. The third-order valence-electron chi connectivity index (χ3n) is 4.29. The Kier molecular flexibility index (Phi) is 7.25. The third kappa shape index (κ3) is 4.32. The second kappa shape index (κ2) is 8.43. The van der Waals surface area contributed by atoms with E-state index in [1.54, 1.807) is 0 Å². The van der Waals surface area contributed by atoms with E-state index in [0.29, 0.717) is 12.1 Å². The van der Waals surface area contributed by atoms with Crippen LogP contribution in [0.15, 0.2) is 24.3 Å². The zero-order valence-electron chi connectivity index (χ0n) is 13.9. The topological polar surface area (TPSA) is 29.3 Å². The first kappa shape index (κ1) is 17.2. The van der Waals surface area contributed by atoms with Crippen LogP contribution in [0.1, 0.15) is 64.1 Å². The molecule has 0 amide bonds. The van der Waals surface area contributed by atoms with Crippen molar-refractivity contribution in [2.75, 3.05) is 6.54 Å². The number of nitrogens with two attached hydrogens (primary N) is 1. The standard InChI is InChI=1S/C18H32N2/c1-6-8-13-20(15(4)7-2)18(16(5)19)17-12-10-9-11-14(17)3/h9-12,15-16,18H,6-8,13,19H2,1-5H3. The highest BCUT2D eigenvalue weighted by atomic mass is 15.2. The van der Waals surface area contributed by atoms with Gasteiger partial charge in [-0.15, -0.1) is 0 Å². The average Bonchev–Trinajstić information content (AvgIpc) is 2.43. The van der Waals surface area contributed by atoms with Crippen molar-refractivity contribution >= 4 is 0 Å². The van der Waals surface area contributed by atoms with Crippen molar-refractivity contribution in [3.63, 3.8) is 0 Å². The van der Waals surface area contributed by atoms with Crippen LogP contribution in [0, 0.1) is 6.92 Å². The van der Waals surface area contributed by atoms with E-state index in [9.17, 15) is 0 Å². The predicted molar refractivity (Wildman–Crippen MR) is 88.9 cm³/mol. The molecule has 2 N–H and O–H groups in total. The third-order valence-corrected chi connectivity index (χ3v) is 4.29. The summed E-state index contributed by atoms with van der Waals surface area (Å²) in [5, 5.41) is 0. The van der Waals surface area contributed by atoms with Crippen LogP contribution in [0.25, 0.3) is 0 Å². The van der Waals surface area contributed by atoms with Crippen LogP contribution in [0.2, 0.25) is 0 Å². The van der Waals surface area contributed by atoms with Crippen molar-refractivity contribution in [2.24, 2.45) is 5.73 Å². The summed E-state index contributed by atoms with van der Waals surface area (Å²) >= 11 is 0. The maximum absolute atomic E-state index is 6.36. The molecule has 2 heteroatoms. The highest BCUT2D eigenvalue weighted by Crippen LogP contribution is 2.29. The number of hydrogen-bond donors (Lipinski definition) is 1. The van der Waals surface area contributed by atoms with E-state index in [4.69, 9.17) is 5.73 Å². The summed E-state index contributed by atoms with van der Waals surface area (Å²) < 4.78 is 0. The SMILES string of the molecule is CCCCN(C(C)CC)C(c1ccccc1C)C(C)N. The van der Waals surface area contributed by atoms with Crippen molar-refractivity contribution in [1.82, 2.24) is 4.90 Å². The molecule has 0 saturated carbocycles. The molecule has 1 aromatic rings. The summed E-state index contributed by atoms with van der Waals surface area (Å²) in [6.45, 7) is 12.3. The van der Waals surface area contributed by atoms with Gasteiger partial charge in [-0.2, -0.15) is 0 Å². The molecule has 0 aliphatic carbocycles. The van der Waals surface area contributed by atoms with E-state index in [1.807, 2.05) is 0 Å². The minimum Gasteiger partial charge on any atom is -0.326 e. The largest absolute Gasteiger partial charge is 0.326 e. The smallest absolute Gasteiger partial charge is 0.0501 e. The van der Waals surface area contributed by atoms with Crippen LogP contribution in [0.3, 0.4) is 0 Å². The molecule has 0 aliphatic heterocycles. The van der Waals surface area contributed by atoms with Gasteiger partial charge in [0.25, 0.3) is 0 Å². The van der Waals surface area contributed by atoms with E-state index in [0.717, 1.165) is 6.54 Å². The lowest BCUT2D eigenvalue weighted by atomic mass is 9.93. The number of unbranched alkanes of at least 4 members (excludes halogenated alkanes) is 1. The fourth-order valence-corrected chi connectivity index (χ4v) is 2.89. The van der Waals surface area contributed by atoms with Gasteiger partial charge in [0.05, 0.1) is 6.04 Å². The van der Waals surface area contributed by atoms with E-state index in [1.165, 1.54) is 30.4 Å². The monoisotopic (exact) mass is 276 g/mol. The average molecular weight is 276 g/mol. The molecule has 1 rings (SSSR count). The first-order valence-corrected chi connectivity index (χ1v) is 8.09. The fourth-order valence-electron chi connectivity index (χ4n) is 2.89. The molecule has 0 saturated heterocycles. The summed E-state index contributed by atoms with van der Waals surface area (Å²) in [6.07, 6.45) is 3.63. The van der Waals surface area contributed by atoms with E-state index >= 15 is 0 Å². The molecule has 0 fully saturated rings. The first-order chi connectivity index (χ1) is 9.52. The van der Waals surface area contributed by atoms with Crippen molar-refractivity contribution in [3.8, 4) is 0 Å². The van der Waals surface area contributed by atoms with Crippen LogP contribution in [0.5, 0.6) is 0 Å². The molecule has 0 heterocycles. The second-order valence-corrected chi connectivity index (χ2v) is 6.01. The molecule has 0 aromatic heterocycles. The Morgan fingerprint density at radius 3 is 2.30 bits per heavy atom. The lowest BCUT2D eigenvalue weighted by Crippen LogP contribution is -2.44. The molecule has 114 valence electrons. The second-order valence-electron chi connectivity index (χ2n) is 6.01. The van der Waals surface area contributed by atoms with Crippen LogP contribution >= 0.6 is 0 Å². The van der Waals surface area contributed by atoms with Gasteiger partial charge in [0.2, 0.25) is 0 Å². The Labute approximate surface area is 125 Å². The van der Waals surface area contributed by atoms with Crippen LogP contribution in [-0.4, -0.2) is 23.5 Å². The molecule has 20 heavy (non-hydrogen) atoms. The molecule has 0 spiro atoms. The summed E-state index contributed by atoms with van der Waals surface area (Å²) in [4.78, 5) is 2.61. The minimum atomic E-state index is 0.141. The Bertz CT molecular complexity index is 387. The Morgan fingerprint density at radius 1 is 1.15 bits per heavy atom. The van der Waals surface area contributed by atoms with E-state index in [-0.39, 0.29) is 6.04 Å². The Hall–Kier alpha value is -0.860. The van der Waals surface area contributed by atoms with Gasteiger partial charge in [-0.25, -0.2) is 0 Å². The summed E-state index contributed by atoms with van der Waals surface area (Å²) in [5.41, 5.74) is 9.10. The molecule has 0 bridgehead atoms. The summed E-state index contributed by atoms with van der Waals surface area (Å²) in [6, 6.07) is 9.70. The van der Waals surface area contributed by atoms with Crippen LogP contribution in [-0.2, 0) is 0 Å². The predicted octanol–water partition coefficient (Wildman–Crippen LogP) is 4.28. The van der Waals surface area contributed by atoms with Gasteiger partial charge < -0.3 is 5.73 Å². The molecule has 0 radical (unpaired) electrons. The number of hydrogen-bond acceptors (Lipinski definition) is 2. The lowest BCUT2D eigenvalue weighted by molar-refractivity contribution is 0.121. The number of aryl methyl sites for hydroxylation is 1. The zero-order chi connectivity index (χ0) is 15.1. The van der Waals surface area contributed by atoms with Gasteiger partial charge in [-0.1, -0.05) is 44.5 Å². The minimum absolute atomic E-state index is 0.141. The highest BCUT2D eigenvalue weighted by Gasteiger charge is 2.27. The maximum Gasteiger partial charge on any atom is 0.0501 e. The molecular formula is C18H32N2. The number of nitrogens with zero attached hydrogens (tertiary/aromatic N) is 1. The van der Waals surface area contributed by atoms with Gasteiger partial charge in [-0.05, 0) is 51.3 Å². The van der Waals surface area contributed by atoms with Gasteiger partial charge in [-0.3, -0.25) is 4.90 Å². The number of benzene rings is 1. The summed E-state index contributed by atoms with van der Waals surface area (Å²) in [5.74, 6) is 0. The van der Waals surface area contributed by atoms with Crippen LogP contribution < -0.4 is 5.73 Å². The van der Waals surface area contributed by atoms with Gasteiger partial charge in [0.15, 0.2) is 0 Å². The Balaban J connectivity index is 3.10. The van der Waals surface area contributed by atoms with Crippen molar-refractivity contribution in [2.45, 2.75) is 72.0 Å². The highest BCUT2D eigenvalue weighted by molar-refractivity contribution is 5.30. The van der Waals surface area contributed by atoms with Crippen molar-refractivity contribution in [3.05, 3.63) is 35.4 Å². The Morgan fingerprint density at radius 2 is 1.80 bits per heavy atom. The first-order valence-electron chi connectivity index (χ1n) is 8.09. The molecule has 3 unspecified atom stereocenters. The van der Waals surface area contributed by atoms with Gasteiger partial charge >= 0.3 is 0 Å². The lowest BCUT2D eigenvalue weighted by Gasteiger charge is -2.39. The molecule has 2 nitrogen and oxygen atoms in total. The van der Waals surface area contributed by atoms with Crippen LogP contribution in [0.4, 0.5) is 0 Å². The van der Waals surface area contributed by atoms with E-state index in [2.05, 4.69) is 63.8 Å². The van der Waals surface area contributed by atoms with Crippen molar-refractivity contribution in [1.29, 1.82) is 0 Å². The molecule has 0 aliphatic rings. The summed E-state index contributed by atoms with van der Waals surface area (Å²) in [7, 11) is 0. The van der Waals surface area contributed by atoms with E-state index < -0.39 is 0 Å². The number of rotatable bonds is 8. The molecular weight excluding hydrogens is 244 g/mol. The normalized spacial score (nSPS) is 16.1. The fraction of sp³-hybridized carbons (Fsp3) is 0.667. The molecule has 1 aromatic carbocycles. The van der Waals surface area contributed by atoms with Crippen molar-refractivity contribution < 1.29 is 0 Å². The van der Waals surface area contributed by atoms with Gasteiger partial charge in [0, 0.05) is 12.1 Å². The zero-order valence-corrected chi connectivity index (χ0v) is 13.9. The maximum atomic E-state index is 6.36.